The molecular weight excluding hydrogens is 471 g/mol. The minimum absolute atomic E-state index is 0.0509. The summed E-state index contributed by atoms with van der Waals surface area (Å²) < 4.78 is 40.5. The van der Waals surface area contributed by atoms with Crippen LogP contribution < -0.4 is 15.5 Å². The van der Waals surface area contributed by atoms with Gasteiger partial charge in [0.25, 0.3) is 0 Å². The maximum atomic E-state index is 12.8. The van der Waals surface area contributed by atoms with E-state index in [1.165, 1.54) is 6.08 Å². The SMILES string of the molecule is C=CC(=O)Nc1c(C(C)C)cc2c(nc(N3CCCC(Nc4ncc(C(F)(F)F)cn4)C3)n2C)c1C. The maximum absolute atomic E-state index is 12.8. The van der Waals surface area contributed by atoms with Crippen LogP contribution in [-0.2, 0) is 18.0 Å². The van der Waals surface area contributed by atoms with Crippen LogP contribution in [-0.4, -0.2) is 44.6 Å². The van der Waals surface area contributed by atoms with Crippen LogP contribution in [0.5, 0.6) is 0 Å². The number of nitrogens with one attached hydrogen (secondary N) is 2. The second kappa shape index (κ2) is 9.79. The zero-order chi connectivity index (χ0) is 26.2. The van der Waals surface area contributed by atoms with E-state index in [9.17, 15) is 18.0 Å². The van der Waals surface area contributed by atoms with Gasteiger partial charge >= 0.3 is 6.18 Å². The topological polar surface area (TPSA) is 88.0 Å². The zero-order valence-corrected chi connectivity index (χ0v) is 20.8. The number of anilines is 3. The van der Waals surface area contributed by atoms with Crippen LogP contribution in [0.1, 0.15) is 49.3 Å². The van der Waals surface area contributed by atoms with Gasteiger partial charge in [-0.3, -0.25) is 4.79 Å². The lowest BCUT2D eigenvalue weighted by molar-refractivity contribution is -0.138. The van der Waals surface area contributed by atoms with E-state index < -0.39 is 11.7 Å². The number of fused-ring (bicyclic) bond motifs is 1. The number of carbonyl (C=O) groups is 1. The molecule has 0 spiro atoms. The van der Waals surface area contributed by atoms with Gasteiger partial charge in [-0.15, -0.1) is 0 Å². The highest BCUT2D eigenvalue weighted by Gasteiger charge is 2.32. The van der Waals surface area contributed by atoms with Crippen molar-refractivity contribution in [2.24, 2.45) is 7.05 Å². The third kappa shape index (κ3) is 5.00. The number of imidazole rings is 1. The first-order chi connectivity index (χ1) is 17.0. The molecule has 1 amide bonds. The van der Waals surface area contributed by atoms with Gasteiger partial charge in [0.15, 0.2) is 0 Å². The van der Waals surface area contributed by atoms with Crippen LogP contribution >= 0.6 is 0 Å². The Labute approximate surface area is 207 Å². The second-order valence-electron chi connectivity index (χ2n) is 9.38. The average molecular weight is 502 g/mol. The molecule has 36 heavy (non-hydrogen) atoms. The van der Waals surface area contributed by atoms with E-state index >= 15 is 0 Å². The number of rotatable bonds is 6. The molecule has 1 aliphatic heterocycles. The maximum Gasteiger partial charge on any atom is 0.419 e. The number of aromatic nitrogens is 4. The fraction of sp³-hybridized carbons (Fsp3) is 0.440. The first-order valence-electron chi connectivity index (χ1n) is 11.8. The molecule has 1 atom stereocenters. The van der Waals surface area contributed by atoms with E-state index in [4.69, 9.17) is 4.98 Å². The molecule has 2 aromatic heterocycles. The molecule has 2 N–H and O–H groups in total. The highest BCUT2D eigenvalue weighted by Crippen LogP contribution is 2.36. The average Bonchev–Trinajstić information content (AvgIpc) is 3.17. The molecule has 0 radical (unpaired) electrons. The van der Waals surface area contributed by atoms with Gasteiger partial charge in [-0.25, -0.2) is 15.0 Å². The summed E-state index contributed by atoms with van der Waals surface area (Å²) in [5, 5.41) is 6.10. The van der Waals surface area contributed by atoms with Crippen molar-refractivity contribution in [1.29, 1.82) is 0 Å². The van der Waals surface area contributed by atoms with Crippen molar-refractivity contribution in [2.45, 2.75) is 51.7 Å². The molecule has 192 valence electrons. The standard InChI is InChI=1S/C25H30F3N7O/c1-6-20(36)32-21-15(4)22-19(10-18(21)14(2)3)34(5)24(33-22)35-9-7-8-17(13-35)31-23-29-11-16(12-30-23)25(26,27)28/h6,10-12,14,17H,1,7-9,13H2,2-5H3,(H,32,36)(H,29,30,31). The van der Waals surface area contributed by atoms with Crippen LogP contribution in [0.25, 0.3) is 11.0 Å². The number of alkyl halides is 3. The molecule has 11 heteroatoms. The summed E-state index contributed by atoms with van der Waals surface area (Å²) in [4.78, 5) is 26.9. The molecule has 0 aliphatic carbocycles. The molecular formula is C25H30F3N7O. The lowest BCUT2D eigenvalue weighted by Gasteiger charge is -2.33. The van der Waals surface area contributed by atoms with Gasteiger partial charge in [-0.1, -0.05) is 20.4 Å². The van der Waals surface area contributed by atoms with Crippen molar-refractivity contribution >= 4 is 34.5 Å². The Morgan fingerprint density at radius 1 is 1.28 bits per heavy atom. The van der Waals surface area contributed by atoms with Crippen molar-refractivity contribution < 1.29 is 18.0 Å². The lowest BCUT2D eigenvalue weighted by atomic mass is 9.96. The Bertz CT molecular complexity index is 1280. The predicted molar refractivity (Wildman–Crippen MR) is 134 cm³/mol. The van der Waals surface area contributed by atoms with E-state index in [1.807, 2.05) is 18.5 Å². The van der Waals surface area contributed by atoms with Crippen LogP contribution in [0.15, 0.2) is 31.1 Å². The van der Waals surface area contributed by atoms with Crippen molar-refractivity contribution in [2.75, 3.05) is 28.6 Å². The Balaban J connectivity index is 1.61. The van der Waals surface area contributed by atoms with Crippen molar-refractivity contribution in [3.05, 3.63) is 47.8 Å². The van der Waals surface area contributed by atoms with E-state index in [1.54, 1.807) is 0 Å². The van der Waals surface area contributed by atoms with E-state index in [0.29, 0.717) is 6.54 Å². The summed E-state index contributed by atoms with van der Waals surface area (Å²) in [6, 6.07) is 2.02. The van der Waals surface area contributed by atoms with E-state index in [0.717, 1.165) is 65.6 Å². The number of benzene rings is 1. The Morgan fingerprint density at radius 2 is 1.97 bits per heavy atom. The largest absolute Gasteiger partial charge is 0.419 e. The van der Waals surface area contributed by atoms with Gasteiger partial charge in [-0.05, 0) is 43.4 Å². The summed E-state index contributed by atoms with van der Waals surface area (Å²) in [6.45, 7) is 11.0. The van der Waals surface area contributed by atoms with Gasteiger partial charge in [0.05, 0.1) is 16.6 Å². The van der Waals surface area contributed by atoms with Gasteiger partial charge in [0.2, 0.25) is 17.8 Å². The summed E-state index contributed by atoms with van der Waals surface area (Å²) in [7, 11) is 1.96. The number of hydrogen-bond acceptors (Lipinski definition) is 6. The van der Waals surface area contributed by atoms with Crippen LogP contribution in [0, 0.1) is 6.92 Å². The summed E-state index contributed by atoms with van der Waals surface area (Å²) >= 11 is 0. The molecule has 1 saturated heterocycles. The fourth-order valence-electron chi connectivity index (χ4n) is 4.58. The van der Waals surface area contributed by atoms with Crippen LogP contribution in [0.2, 0.25) is 0 Å². The lowest BCUT2D eigenvalue weighted by Crippen LogP contribution is -2.43. The molecule has 0 bridgehead atoms. The van der Waals surface area contributed by atoms with Gasteiger partial charge in [0.1, 0.15) is 0 Å². The predicted octanol–water partition coefficient (Wildman–Crippen LogP) is 5.02. The van der Waals surface area contributed by atoms with Crippen molar-refractivity contribution in [3.63, 3.8) is 0 Å². The molecule has 8 nitrogen and oxygen atoms in total. The number of nitrogens with zero attached hydrogens (tertiary/aromatic N) is 5. The van der Waals surface area contributed by atoms with Gasteiger partial charge < -0.3 is 20.1 Å². The minimum atomic E-state index is -4.47. The molecule has 0 saturated carbocycles. The number of aryl methyl sites for hydroxylation is 2. The summed E-state index contributed by atoms with van der Waals surface area (Å²) in [6.07, 6.45) is 0.0665. The van der Waals surface area contributed by atoms with E-state index in [-0.39, 0.29) is 23.8 Å². The Kier molecular flexibility index (Phi) is 6.92. The quantitative estimate of drug-likeness (QED) is 0.461. The molecule has 3 aromatic rings. The van der Waals surface area contributed by atoms with Gasteiger partial charge in [-0.2, -0.15) is 13.2 Å². The Morgan fingerprint density at radius 3 is 2.58 bits per heavy atom. The Hall–Kier alpha value is -3.63. The van der Waals surface area contributed by atoms with Gasteiger partial charge in [0, 0.05) is 49.8 Å². The number of hydrogen-bond donors (Lipinski definition) is 2. The molecule has 1 aliphatic rings. The number of piperidine rings is 1. The molecule has 1 fully saturated rings. The minimum Gasteiger partial charge on any atom is -0.350 e. The number of halogens is 3. The molecule has 1 unspecified atom stereocenters. The van der Waals surface area contributed by atoms with Crippen LogP contribution in [0.4, 0.5) is 30.8 Å². The first-order valence-corrected chi connectivity index (χ1v) is 11.8. The smallest absolute Gasteiger partial charge is 0.350 e. The molecule has 3 heterocycles. The normalized spacial score (nSPS) is 16.4. The first kappa shape index (κ1) is 25.5. The highest BCUT2D eigenvalue weighted by atomic mass is 19.4. The third-order valence-corrected chi connectivity index (χ3v) is 6.50. The monoisotopic (exact) mass is 501 g/mol. The van der Waals surface area contributed by atoms with Crippen LogP contribution in [0.3, 0.4) is 0 Å². The highest BCUT2D eigenvalue weighted by molar-refractivity contribution is 6.02. The number of amides is 1. The summed E-state index contributed by atoms with van der Waals surface area (Å²) in [5.41, 5.74) is 3.55. The summed E-state index contributed by atoms with van der Waals surface area (Å²) in [5.74, 6) is 0.861. The number of carbonyl (C=O) groups excluding carboxylic acids is 1. The molecule has 1 aromatic carbocycles. The van der Waals surface area contributed by atoms with Crippen molar-refractivity contribution in [1.82, 2.24) is 19.5 Å². The second-order valence-corrected chi connectivity index (χ2v) is 9.38. The fourth-order valence-corrected chi connectivity index (χ4v) is 4.58. The third-order valence-electron chi connectivity index (χ3n) is 6.50. The van der Waals surface area contributed by atoms with E-state index in [2.05, 4.69) is 52.0 Å². The molecule has 4 rings (SSSR count). The zero-order valence-electron chi connectivity index (χ0n) is 20.8. The van der Waals surface area contributed by atoms with Crippen molar-refractivity contribution in [3.8, 4) is 0 Å².